The first-order valence-corrected chi connectivity index (χ1v) is 5.11. The molecule has 0 saturated carbocycles. The van der Waals surface area contributed by atoms with Crippen molar-refractivity contribution in [2.45, 2.75) is 24.4 Å². The van der Waals surface area contributed by atoms with Gasteiger partial charge in [0.2, 0.25) is 6.23 Å². The molecule has 3 N–H and O–H groups in total. The van der Waals surface area contributed by atoms with E-state index in [1.807, 2.05) is 0 Å². The van der Waals surface area contributed by atoms with Crippen molar-refractivity contribution < 1.29 is 27.4 Å². The molecule has 0 aliphatic carbocycles. The number of rotatable bonds is 2. The van der Waals surface area contributed by atoms with Gasteiger partial charge in [0.1, 0.15) is 6.10 Å². The zero-order chi connectivity index (χ0) is 14.4. The second-order valence-corrected chi connectivity index (χ2v) is 3.95. The molecule has 106 valence electrons. The number of alkyl halides is 3. The van der Waals surface area contributed by atoms with Gasteiger partial charge in [0.25, 0.3) is 0 Å². The number of nitrogens with two attached hydrogens (primary N) is 1. The number of aliphatic hydroxyl groups is 1. The second-order valence-electron chi connectivity index (χ2n) is 3.95. The highest BCUT2D eigenvalue weighted by Gasteiger charge is 2.60. The summed E-state index contributed by atoms with van der Waals surface area (Å²) in [5.74, 6) is -6.10. The first-order valence-electron chi connectivity index (χ1n) is 5.11. The Morgan fingerprint density at radius 3 is 2.74 bits per heavy atom. The molecule has 1 aromatic rings. The molecule has 0 radical (unpaired) electrons. The van der Waals surface area contributed by atoms with Crippen LogP contribution in [0.15, 0.2) is 11.0 Å². The number of nitrogen functional groups attached to an aromatic ring is 1. The van der Waals surface area contributed by atoms with Crippen LogP contribution in [0.1, 0.15) is 6.23 Å². The second kappa shape index (κ2) is 4.46. The largest absolute Gasteiger partial charge is 0.394 e. The third-order valence-corrected chi connectivity index (χ3v) is 2.69. The molecule has 1 aliphatic rings. The normalized spacial score (nSPS) is 29.6. The smallest absolute Gasteiger partial charge is 0.352 e. The zero-order valence-electron chi connectivity index (χ0n) is 9.26. The van der Waals surface area contributed by atoms with Crippen molar-refractivity contribution >= 4 is 5.82 Å². The lowest BCUT2D eigenvalue weighted by atomic mass is 10.1. The summed E-state index contributed by atoms with van der Waals surface area (Å²) < 4.78 is 58.3. The summed E-state index contributed by atoms with van der Waals surface area (Å²) in [6.45, 7) is -1.01. The molecule has 0 bridgehead atoms. The van der Waals surface area contributed by atoms with Crippen LogP contribution >= 0.6 is 0 Å². The molecular formula is C9H9F4N3O3. The van der Waals surface area contributed by atoms with Crippen LogP contribution in [0, 0.1) is 5.82 Å². The molecule has 2 heterocycles. The van der Waals surface area contributed by atoms with Crippen molar-refractivity contribution in [3.63, 3.8) is 0 Å². The molecule has 6 nitrogen and oxygen atoms in total. The molecule has 3 atom stereocenters. The Kier molecular flexibility index (Phi) is 3.22. The van der Waals surface area contributed by atoms with Gasteiger partial charge in [0, 0.05) is 0 Å². The summed E-state index contributed by atoms with van der Waals surface area (Å²) in [5.41, 5.74) is 3.68. The quantitative estimate of drug-likeness (QED) is 0.735. The topological polar surface area (TPSA) is 90.4 Å². The van der Waals surface area contributed by atoms with Gasteiger partial charge in [-0.25, -0.2) is 13.6 Å². The SMILES string of the molecule is Nc1nc(=O)n(C2OC(CO)C(F)C2(F)F)cc1F. The maximum Gasteiger partial charge on any atom is 0.352 e. The van der Waals surface area contributed by atoms with Gasteiger partial charge in [-0.15, -0.1) is 0 Å². The van der Waals surface area contributed by atoms with Crippen LogP contribution in [-0.2, 0) is 4.74 Å². The van der Waals surface area contributed by atoms with Gasteiger partial charge in [0.05, 0.1) is 12.8 Å². The van der Waals surface area contributed by atoms with Gasteiger partial charge in [-0.2, -0.15) is 13.8 Å². The maximum atomic E-state index is 13.6. The van der Waals surface area contributed by atoms with Crippen molar-refractivity contribution in [1.82, 2.24) is 9.55 Å². The molecule has 2 rings (SSSR count). The highest BCUT2D eigenvalue weighted by atomic mass is 19.3. The van der Waals surface area contributed by atoms with Gasteiger partial charge in [-0.3, -0.25) is 4.57 Å². The van der Waals surface area contributed by atoms with E-state index in [0.717, 1.165) is 0 Å². The van der Waals surface area contributed by atoms with Crippen molar-refractivity contribution in [3.8, 4) is 0 Å². The molecule has 1 aromatic heterocycles. The Bertz CT molecular complexity index is 550. The predicted molar refractivity (Wildman–Crippen MR) is 53.7 cm³/mol. The number of hydrogen-bond acceptors (Lipinski definition) is 5. The average molecular weight is 283 g/mol. The first kappa shape index (κ1) is 13.7. The molecule has 0 amide bonds. The molecule has 19 heavy (non-hydrogen) atoms. The predicted octanol–water partition coefficient (Wildman–Crippen LogP) is -0.172. The van der Waals surface area contributed by atoms with Gasteiger partial charge >= 0.3 is 11.6 Å². The summed E-state index contributed by atoms with van der Waals surface area (Å²) in [7, 11) is 0. The molecule has 0 spiro atoms. The Morgan fingerprint density at radius 2 is 2.21 bits per heavy atom. The molecule has 1 fully saturated rings. The minimum atomic E-state index is -4.11. The number of hydrogen-bond donors (Lipinski definition) is 2. The van der Waals surface area contributed by atoms with E-state index >= 15 is 0 Å². The summed E-state index contributed by atoms with van der Waals surface area (Å²) in [4.78, 5) is 14.3. The Labute approximate surface area is 103 Å². The first-order chi connectivity index (χ1) is 8.78. The van der Waals surface area contributed by atoms with E-state index in [-0.39, 0.29) is 4.57 Å². The van der Waals surface area contributed by atoms with Crippen LogP contribution in [0.25, 0.3) is 0 Å². The number of anilines is 1. The fraction of sp³-hybridized carbons (Fsp3) is 0.556. The van der Waals surface area contributed by atoms with Crippen LogP contribution in [0.4, 0.5) is 23.4 Å². The van der Waals surface area contributed by atoms with Gasteiger partial charge in [0.15, 0.2) is 17.8 Å². The third kappa shape index (κ3) is 2.06. The van der Waals surface area contributed by atoms with Gasteiger partial charge in [-0.05, 0) is 0 Å². The third-order valence-electron chi connectivity index (χ3n) is 2.69. The monoisotopic (exact) mass is 283 g/mol. The number of nitrogens with zero attached hydrogens (tertiary/aromatic N) is 2. The molecule has 3 unspecified atom stereocenters. The number of aliphatic hydroxyl groups excluding tert-OH is 1. The van der Waals surface area contributed by atoms with Crippen LogP contribution < -0.4 is 11.4 Å². The average Bonchev–Trinajstić information content (AvgIpc) is 2.56. The van der Waals surface area contributed by atoms with Crippen LogP contribution in [0.5, 0.6) is 0 Å². The van der Waals surface area contributed by atoms with E-state index in [1.54, 1.807) is 0 Å². The lowest BCUT2D eigenvalue weighted by molar-refractivity contribution is -0.130. The Hall–Kier alpha value is -1.68. The highest BCUT2D eigenvalue weighted by molar-refractivity contribution is 5.26. The fourth-order valence-corrected chi connectivity index (χ4v) is 1.72. The Balaban J connectivity index is 2.48. The van der Waals surface area contributed by atoms with Gasteiger partial charge in [-0.1, -0.05) is 0 Å². The van der Waals surface area contributed by atoms with Crippen molar-refractivity contribution in [2.24, 2.45) is 0 Å². The maximum absolute atomic E-state index is 13.6. The van der Waals surface area contributed by atoms with Crippen LogP contribution in [-0.4, -0.2) is 39.5 Å². The van der Waals surface area contributed by atoms with Crippen molar-refractivity contribution in [3.05, 3.63) is 22.5 Å². The molecule has 10 heteroatoms. The number of aromatic nitrogens is 2. The van der Waals surface area contributed by atoms with Crippen molar-refractivity contribution in [2.75, 3.05) is 12.3 Å². The lowest BCUT2D eigenvalue weighted by Crippen LogP contribution is -2.40. The summed E-state index contributed by atoms with van der Waals surface area (Å²) in [5, 5.41) is 8.71. The molecule has 1 aliphatic heterocycles. The van der Waals surface area contributed by atoms with E-state index in [4.69, 9.17) is 10.8 Å². The summed E-state index contributed by atoms with van der Waals surface area (Å²) in [6, 6.07) is 0. The van der Waals surface area contributed by atoms with E-state index < -0.39 is 48.4 Å². The number of ether oxygens (including phenoxy) is 1. The number of halogens is 4. The van der Waals surface area contributed by atoms with Crippen LogP contribution in [0.3, 0.4) is 0 Å². The van der Waals surface area contributed by atoms with Crippen LogP contribution in [0.2, 0.25) is 0 Å². The molecular weight excluding hydrogens is 274 g/mol. The highest BCUT2D eigenvalue weighted by Crippen LogP contribution is 2.43. The minimum Gasteiger partial charge on any atom is -0.394 e. The van der Waals surface area contributed by atoms with E-state index in [0.29, 0.717) is 6.20 Å². The minimum absolute atomic E-state index is 0.105. The van der Waals surface area contributed by atoms with Crippen molar-refractivity contribution in [1.29, 1.82) is 0 Å². The molecule has 1 saturated heterocycles. The standard InChI is InChI=1S/C9H9F4N3O3/c10-3-1-16(8(18)15-6(3)14)7-9(12,13)5(11)4(2-17)19-7/h1,4-5,7,17H,2H2,(H2,14,15,18). The molecule has 0 aromatic carbocycles. The van der Waals surface area contributed by atoms with Gasteiger partial charge < -0.3 is 15.6 Å². The Morgan fingerprint density at radius 1 is 1.58 bits per heavy atom. The van der Waals surface area contributed by atoms with E-state index in [2.05, 4.69) is 9.72 Å². The fourth-order valence-electron chi connectivity index (χ4n) is 1.72. The van der Waals surface area contributed by atoms with E-state index in [9.17, 15) is 22.4 Å². The summed E-state index contributed by atoms with van der Waals surface area (Å²) in [6.07, 6.45) is -6.67. The lowest BCUT2D eigenvalue weighted by Gasteiger charge is -2.20. The summed E-state index contributed by atoms with van der Waals surface area (Å²) >= 11 is 0. The zero-order valence-corrected chi connectivity index (χ0v) is 9.26. The van der Waals surface area contributed by atoms with E-state index in [1.165, 1.54) is 0 Å².